The average Bonchev–Trinajstić information content (AvgIpc) is 3.03. The topological polar surface area (TPSA) is 79.3 Å². The van der Waals surface area contributed by atoms with Gasteiger partial charge in [-0.1, -0.05) is 19.1 Å². The Morgan fingerprint density at radius 2 is 1.70 bits per heavy atom. The predicted molar refractivity (Wildman–Crippen MR) is 115 cm³/mol. The van der Waals surface area contributed by atoms with Crippen LogP contribution in [-0.4, -0.2) is 45.1 Å². The van der Waals surface area contributed by atoms with Gasteiger partial charge in [-0.25, -0.2) is 0 Å². The van der Waals surface area contributed by atoms with E-state index in [1.165, 1.54) is 19.1 Å². The molecule has 0 radical (unpaired) electrons. The van der Waals surface area contributed by atoms with Crippen LogP contribution < -0.4 is 19.3 Å². The number of aliphatic hydroxyl groups excluding tert-OH is 1. The van der Waals surface area contributed by atoms with E-state index in [4.69, 9.17) is 9.47 Å². The second-order valence-electron chi connectivity index (χ2n) is 7.14. The monoisotopic (exact) mass is 410 g/mol. The normalized spacial score (nSPS) is 16.1. The van der Waals surface area contributed by atoms with Gasteiger partial charge in [0.15, 0.2) is 23.0 Å². The SMILES string of the molecule is CCC(=O)C1=C(O)C(=O)N(c2ccc(OC)c(OC)c2)C1c1ccc(N(C)C)cc1. The summed E-state index contributed by atoms with van der Waals surface area (Å²) in [6.07, 6.45) is 0.179. The molecule has 2 aromatic carbocycles. The van der Waals surface area contributed by atoms with E-state index in [0.29, 0.717) is 17.2 Å². The van der Waals surface area contributed by atoms with Crippen LogP contribution in [0, 0.1) is 0 Å². The maximum absolute atomic E-state index is 13.0. The number of ether oxygens (including phenoxy) is 2. The van der Waals surface area contributed by atoms with E-state index in [1.807, 2.05) is 43.3 Å². The van der Waals surface area contributed by atoms with Gasteiger partial charge in [0.05, 0.1) is 25.8 Å². The third kappa shape index (κ3) is 3.58. The van der Waals surface area contributed by atoms with Crippen LogP contribution in [0.5, 0.6) is 11.5 Å². The van der Waals surface area contributed by atoms with Gasteiger partial charge in [-0.3, -0.25) is 14.5 Å². The standard InChI is InChI=1S/C23H26N2O5/c1-6-17(26)20-21(14-7-9-15(10-8-14)24(2)3)25(23(28)22(20)27)16-11-12-18(29-4)19(13-16)30-5/h7-13,21,27H,6H2,1-5H3. The summed E-state index contributed by atoms with van der Waals surface area (Å²) in [7, 11) is 6.90. The number of benzene rings is 2. The van der Waals surface area contributed by atoms with E-state index >= 15 is 0 Å². The van der Waals surface area contributed by atoms with Crippen molar-refractivity contribution in [2.75, 3.05) is 38.1 Å². The first kappa shape index (κ1) is 21.2. The number of anilines is 2. The number of hydrogen-bond donors (Lipinski definition) is 1. The third-order valence-electron chi connectivity index (χ3n) is 5.20. The molecule has 3 rings (SSSR count). The van der Waals surface area contributed by atoms with Crippen LogP contribution in [0.25, 0.3) is 0 Å². The van der Waals surface area contributed by atoms with Crippen molar-refractivity contribution >= 4 is 23.1 Å². The lowest BCUT2D eigenvalue weighted by Gasteiger charge is -2.28. The number of methoxy groups -OCH3 is 2. The van der Waals surface area contributed by atoms with Crippen LogP contribution in [-0.2, 0) is 9.59 Å². The number of carbonyl (C=O) groups excluding carboxylic acids is 2. The summed E-state index contributed by atoms with van der Waals surface area (Å²) in [6.45, 7) is 1.71. The van der Waals surface area contributed by atoms with Crippen LogP contribution >= 0.6 is 0 Å². The Balaban J connectivity index is 2.16. The van der Waals surface area contributed by atoms with Crippen molar-refractivity contribution in [3.05, 3.63) is 59.4 Å². The van der Waals surface area contributed by atoms with Crippen molar-refractivity contribution in [3.63, 3.8) is 0 Å². The molecule has 1 heterocycles. The number of ketones is 1. The van der Waals surface area contributed by atoms with E-state index in [2.05, 4.69) is 0 Å². The lowest BCUT2D eigenvalue weighted by Crippen LogP contribution is -2.31. The Kier molecular flexibility index (Phi) is 6.01. The molecule has 0 bridgehead atoms. The Labute approximate surface area is 176 Å². The van der Waals surface area contributed by atoms with E-state index in [-0.39, 0.29) is 17.8 Å². The van der Waals surface area contributed by atoms with Gasteiger partial charge < -0.3 is 19.5 Å². The quantitative estimate of drug-likeness (QED) is 0.751. The van der Waals surface area contributed by atoms with Crippen molar-refractivity contribution in [1.29, 1.82) is 0 Å². The molecule has 2 aromatic rings. The maximum atomic E-state index is 13.0. The molecule has 1 aliphatic rings. The second kappa shape index (κ2) is 8.49. The molecule has 1 aliphatic heterocycles. The molecule has 0 spiro atoms. The van der Waals surface area contributed by atoms with Crippen LogP contribution in [0.2, 0.25) is 0 Å². The lowest BCUT2D eigenvalue weighted by atomic mass is 9.94. The zero-order valence-corrected chi connectivity index (χ0v) is 17.8. The molecule has 1 unspecified atom stereocenters. The van der Waals surface area contributed by atoms with Crippen molar-refractivity contribution in [3.8, 4) is 11.5 Å². The Morgan fingerprint density at radius 3 is 2.23 bits per heavy atom. The number of amides is 1. The van der Waals surface area contributed by atoms with Gasteiger partial charge in [-0.15, -0.1) is 0 Å². The molecule has 0 fully saturated rings. The van der Waals surface area contributed by atoms with Crippen LogP contribution in [0.1, 0.15) is 24.9 Å². The van der Waals surface area contributed by atoms with Crippen LogP contribution in [0.3, 0.4) is 0 Å². The van der Waals surface area contributed by atoms with E-state index in [0.717, 1.165) is 11.3 Å². The molecule has 7 heteroatoms. The van der Waals surface area contributed by atoms with Crippen molar-refractivity contribution in [2.24, 2.45) is 0 Å². The van der Waals surface area contributed by atoms with Crippen LogP contribution in [0.15, 0.2) is 53.8 Å². The molecule has 0 aliphatic carbocycles. The zero-order valence-electron chi connectivity index (χ0n) is 17.8. The Hall–Kier alpha value is -3.48. The van der Waals surface area contributed by atoms with Crippen LogP contribution in [0.4, 0.5) is 11.4 Å². The summed E-state index contributed by atoms with van der Waals surface area (Å²) in [5, 5.41) is 10.6. The summed E-state index contributed by atoms with van der Waals surface area (Å²) < 4.78 is 10.6. The van der Waals surface area contributed by atoms with Crippen molar-refractivity contribution in [1.82, 2.24) is 0 Å². The molecule has 30 heavy (non-hydrogen) atoms. The molecular formula is C23H26N2O5. The molecule has 1 amide bonds. The fourth-order valence-electron chi connectivity index (χ4n) is 3.59. The molecule has 7 nitrogen and oxygen atoms in total. The summed E-state index contributed by atoms with van der Waals surface area (Å²) in [5.41, 5.74) is 2.31. The minimum Gasteiger partial charge on any atom is -0.503 e. The Morgan fingerprint density at radius 1 is 1.07 bits per heavy atom. The fraction of sp³-hybridized carbons (Fsp3) is 0.304. The fourth-order valence-corrected chi connectivity index (χ4v) is 3.59. The molecule has 0 saturated heterocycles. The van der Waals surface area contributed by atoms with Gasteiger partial charge >= 0.3 is 0 Å². The molecule has 1 N–H and O–H groups in total. The van der Waals surface area contributed by atoms with Crippen molar-refractivity contribution in [2.45, 2.75) is 19.4 Å². The molecule has 0 aromatic heterocycles. The van der Waals surface area contributed by atoms with Crippen molar-refractivity contribution < 1.29 is 24.2 Å². The Bertz CT molecular complexity index is 995. The van der Waals surface area contributed by atoms with E-state index < -0.39 is 17.7 Å². The smallest absolute Gasteiger partial charge is 0.294 e. The third-order valence-corrected chi connectivity index (χ3v) is 5.20. The molecule has 1 atom stereocenters. The summed E-state index contributed by atoms with van der Waals surface area (Å²) >= 11 is 0. The largest absolute Gasteiger partial charge is 0.503 e. The highest BCUT2D eigenvalue weighted by Crippen LogP contribution is 2.43. The van der Waals surface area contributed by atoms with Gasteiger partial charge in [0, 0.05) is 38.0 Å². The van der Waals surface area contributed by atoms with Gasteiger partial charge in [0.1, 0.15) is 0 Å². The number of hydrogen-bond acceptors (Lipinski definition) is 6. The van der Waals surface area contributed by atoms with Gasteiger partial charge in [0.25, 0.3) is 5.91 Å². The number of aliphatic hydroxyl groups is 1. The first-order valence-corrected chi connectivity index (χ1v) is 9.63. The van der Waals surface area contributed by atoms with E-state index in [1.54, 1.807) is 25.1 Å². The minimum absolute atomic E-state index is 0.106. The average molecular weight is 410 g/mol. The first-order chi connectivity index (χ1) is 14.3. The minimum atomic E-state index is -0.737. The zero-order chi connectivity index (χ0) is 22.0. The summed E-state index contributed by atoms with van der Waals surface area (Å²) in [5.74, 6) is -0.453. The highest BCUT2D eigenvalue weighted by Gasteiger charge is 2.44. The highest BCUT2D eigenvalue weighted by atomic mass is 16.5. The first-order valence-electron chi connectivity index (χ1n) is 9.63. The molecule has 0 saturated carbocycles. The lowest BCUT2D eigenvalue weighted by molar-refractivity contribution is -0.118. The maximum Gasteiger partial charge on any atom is 0.294 e. The van der Waals surface area contributed by atoms with Gasteiger partial charge in [-0.05, 0) is 29.8 Å². The predicted octanol–water partition coefficient (Wildman–Crippen LogP) is 3.65. The summed E-state index contributed by atoms with van der Waals surface area (Å²) in [4.78, 5) is 29.1. The number of Topliss-reactive ketones (excluding diaryl/α,β-unsaturated/α-hetero) is 1. The van der Waals surface area contributed by atoms with Gasteiger partial charge in [-0.2, -0.15) is 0 Å². The summed E-state index contributed by atoms with van der Waals surface area (Å²) in [6, 6.07) is 11.9. The number of carbonyl (C=O) groups is 2. The number of nitrogens with zero attached hydrogens (tertiary/aromatic N) is 2. The molecular weight excluding hydrogens is 384 g/mol. The second-order valence-corrected chi connectivity index (χ2v) is 7.14. The molecule has 158 valence electrons. The van der Waals surface area contributed by atoms with Gasteiger partial charge in [0.2, 0.25) is 0 Å². The van der Waals surface area contributed by atoms with E-state index in [9.17, 15) is 14.7 Å². The highest BCUT2D eigenvalue weighted by molar-refractivity contribution is 6.16. The number of rotatable bonds is 7.